The second kappa shape index (κ2) is 14.2. The van der Waals surface area contributed by atoms with Crippen LogP contribution >= 0.6 is 0 Å². The Morgan fingerprint density at radius 3 is 2.75 bits per heavy atom. The summed E-state index contributed by atoms with van der Waals surface area (Å²) in [4.78, 5) is 16.5. The van der Waals surface area contributed by atoms with Gasteiger partial charge in [-0.1, -0.05) is 37.3 Å². The molecule has 5 rings (SSSR count). The van der Waals surface area contributed by atoms with Gasteiger partial charge in [0.1, 0.15) is 0 Å². The summed E-state index contributed by atoms with van der Waals surface area (Å²) >= 11 is 0. The van der Waals surface area contributed by atoms with E-state index in [-0.39, 0.29) is 0 Å². The van der Waals surface area contributed by atoms with Crippen molar-refractivity contribution >= 4 is 17.6 Å². The first-order valence-corrected chi connectivity index (χ1v) is 14.9. The van der Waals surface area contributed by atoms with Gasteiger partial charge in [0.15, 0.2) is 0 Å². The van der Waals surface area contributed by atoms with Gasteiger partial charge in [0, 0.05) is 61.4 Å². The second-order valence-corrected chi connectivity index (χ2v) is 11.7. The van der Waals surface area contributed by atoms with E-state index in [1.807, 2.05) is 24.7 Å². The molecule has 3 aliphatic rings. The molecule has 0 amide bonds. The van der Waals surface area contributed by atoms with Crippen molar-refractivity contribution in [2.45, 2.75) is 70.9 Å². The number of nitrogens with two attached hydrogens (primary N) is 1. The lowest BCUT2D eigenvalue weighted by Gasteiger charge is -2.29. The van der Waals surface area contributed by atoms with Crippen LogP contribution in [-0.4, -0.2) is 40.9 Å². The fourth-order valence-corrected chi connectivity index (χ4v) is 6.15. The van der Waals surface area contributed by atoms with Crippen LogP contribution in [-0.2, 0) is 19.4 Å². The zero-order valence-corrected chi connectivity index (χ0v) is 23.9. The van der Waals surface area contributed by atoms with Crippen molar-refractivity contribution in [3.05, 3.63) is 95.7 Å². The average Bonchev–Trinajstić information content (AvgIpc) is 2.94. The molecular weight excluding hydrogens is 492 g/mol. The third-order valence-electron chi connectivity index (χ3n) is 7.95. The molecule has 6 nitrogen and oxygen atoms in total. The topological polar surface area (TPSA) is 78.9 Å². The molecule has 40 heavy (non-hydrogen) atoms. The normalized spacial score (nSPS) is 21.1. The largest absolute Gasteiger partial charge is 0.399 e. The number of anilines is 1. The molecule has 1 aromatic carbocycles. The van der Waals surface area contributed by atoms with E-state index >= 15 is 0 Å². The molecule has 4 heterocycles. The van der Waals surface area contributed by atoms with Crippen LogP contribution in [0.15, 0.2) is 88.9 Å². The van der Waals surface area contributed by atoms with E-state index in [9.17, 15) is 0 Å². The molecule has 0 bridgehead atoms. The second-order valence-electron chi connectivity index (χ2n) is 11.7. The number of nitrogens with zero attached hydrogens (tertiary/aromatic N) is 4. The Labute approximate surface area is 239 Å². The Morgan fingerprint density at radius 2 is 1.98 bits per heavy atom. The van der Waals surface area contributed by atoms with E-state index in [0.717, 1.165) is 81.7 Å². The maximum absolute atomic E-state index is 6.51. The number of rotatable bonds is 12. The van der Waals surface area contributed by atoms with Crippen molar-refractivity contribution in [3.8, 4) is 0 Å². The fourth-order valence-electron chi connectivity index (χ4n) is 6.15. The number of nitrogens with one attached hydrogen (secondary N) is 1. The quantitative estimate of drug-likeness (QED) is 0.314. The summed E-state index contributed by atoms with van der Waals surface area (Å²) in [6.07, 6.45) is 23.2. The Morgan fingerprint density at radius 1 is 1.05 bits per heavy atom. The molecule has 0 fully saturated rings. The van der Waals surface area contributed by atoms with Gasteiger partial charge < -0.3 is 11.1 Å². The van der Waals surface area contributed by atoms with E-state index in [0.29, 0.717) is 17.9 Å². The van der Waals surface area contributed by atoms with Crippen molar-refractivity contribution in [1.29, 1.82) is 0 Å². The van der Waals surface area contributed by atoms with Crippen LogP contribution in [0.2, 0.25) is 0 Å². The summed E-state index contributed by atoms with van der Waals surface area (Å²) in [6.45, 7) is 4.80. The Hall–Kier alpha value is -3.51. The highest BCUT2D eigenvalue weighted by atomic mass is 15.1. The molecule has 3 aliphatic heterocycles. The molecule has 0 aliphatic carbocycles. The van der Waals surface area contributed by atoms with Crippen LogP contribution in [0.4, 0.5) is 5.69 Å². The predicted octanol–water partition coefficient (Wildman–Crippen LogP) is 6.27. The first kappa shape index (κ1) is 28.0. The van der Waals surface area contributed by atoms with Crippen LogP contribution < -0.4 is 11.1 Å². The van der Waals surface area contributed by atoms with Crippen molar-refractivity contribution in [3.63, 3.8) is 0 Å². The lowest BCUT2D eigenvalue weighted by molar-refractivity contribution is 0.326. The van der Waals surface area contributed by atoms with Crippen LogP contribution in [0.5, 0.6) is 0 Å². The Balaban J connectivity index is 1.32. The molecule has 3 unspecified atom stereocenters. The Bertz CT molecular complexity index is 1260. The van der Waals surface area contributed by atoms with Gasteiger partial charge in [0.05, 0.1) is 5.70 Å². The number of allylic oxidation sites excluding steroid dienone is 3. The Kier molecular flexibility index (Phi) is 9.97. The lowest BCUT2D eigenvalue weighted by Crippen LogP contribution is -2.33. The first-order valence-electron chi connectivity index (χ1n) is 14.9. The van der Waals surface area contributed by atoms with E-state index < -0.39 is 0 Å². The molecule has 1 aromatic heterocycles. The molecule has 0 saturated heterocycles. The van der Waals surface area contributed by atoms with E-state index in [1.54, 1.807) is 0 Å². The number of hydrogen-bond donors (Lipinski definition) is 2. The van der Waals surface area contributed by atoms with E-state index in [2.05, 4.69) is 86.9 Å². The van der Waals surface area contributed by atoms with Gasteiger partial charge in [0.25, 0.3) is 0 Å². The third kappa shape index (κ3) is 8.75. The van der Waals surface area contributed by atoms with Crippen molar-refractivity contribution in [2.75, 3.05) is 18.8 Å². The SMILES string of the molecule is CC1C=CNC(CC(Cc2cc(N)cc(CN(CC3=CCCC=N3)CC3=NC=CCC3)c2)Cc2ccccn2)C1. The molecule has 3 atom stereocenters. The highest BCUT2D eigenvalue weighted by Crippen LogP contribution is 2.26. The maximum atomic E-state index is 6.51. The first-order chi connectivity index (χ1) is 19.6. The number of hydrogen-bond acceptors (Lipinski definition) is 6. The fraction of sp³-hybridized carbons (Fsp3) is 0.441. The minimum atomic E-state index is 0.474. The summed E-state index contributed by atoms with van der Waals surface area (Å²) in [7, 11) is 0. The summed E-state index contributed by atoms with van der Waals surface area (Å²) in [5, 5.41) is 3.61. The lowest BCUT2D eigenvalue weighted by atomic mass is 9.85. The highest BCUT2D eigenvalue weighted by molar-refractivity contribution is 5.87. The van der Waals surface area contributed by atoms with Crippen LogP contribution in [0, 0.1) is 11.8 Å². The summed E-state index contributed by atoms with van der Waals surface area (Å²) in [5.41, 5.74) is 13.5. The van der Waals surface area contributed by atoms with Gasteiger partial charge in [-0.3, -0.25) is 19.9 Å². The molecule has 0 spiro atoms. The predicted molar refractivity (Wildman–Crippen MR) is 167 cm³/mol. The van der Waals surface area contributed by atoms with Crippen molar-refractivity contribution in [1.82, 2.24) is 15.2 Å². The molecule has 210 valence electrons. The van der Waals surface area contributed by atoms with Crippen LogP contribution in [0.1, 0.15) is 62.3 Å². The average molecular weight is 537 g/mol. The number of nitrogen functional groups attached to an aromatic ring is 1. The number of benzene rings is 1. The van der Waals surface area contributed by atoms with Gasteiger partial charge in [-0.15, -0.1) is 0 Å². The summed E-state index contributed by atoms with van der Waals surface area (Å²) < 4.78 is 0. The third-order valence-corrected chi connectivity index (χ3v) is 7.95. The molecule has 6 heteroatoms. The number of aromatic nitrogens is 1. The molecular formula is C34H44N6. The number of pyridine rings is 1. The zero-order chi connectivity index (χ0) is 27.6. The summed E-state index contributed by atoms with van der Waals surface area (Å²) in [5.74, 6) is 1.08. The van der Waals surface area contributed by atoms with Crippen molar-refractivity contribution < 1.29 is 0 Å². The van der Waals surface area contributed by atoms with E-state index in [4.69, 9.17) is 5.73 Å². The van der Waals surface area contributed by atoms with E-state index in [1.165, 1.54) is 23.3 Å². The number of aliphatic imine (C=N–C) groups is 2. The summed E-state index contributed by atoms with van der Waals surface area (Å²) in [6, 6.07) is 13.4. The maximum Gasteiger partial charge on any atom is 0.0500 e. The molecule has 3 N–H and O–H groups in total. The zero-order valence-electron chi connectivity index (χ0n) is 23.9. The van der Waals surface area contributed by atoms with Gasteiger partial charge in [-0.2, -0.15) is 0 Å². The van der Waals surface area contributed by atoms with Gasteiger partial charge >= 0.3 is 0 Å². The monoisotopic (exact) mass is 536 g/mol. The van der Waals surface area contributed by atoms with Gasteiger partial charge in [-0.25, -0.2) is 0 Å². The highest BCUT2D eigenvalue weighted by Gasteiger charge is 2.21. The van der Waals surface area contributed by atoms with Crippen LogP contribution in [0.3, 0.4) is 0 Å². The minimum absolute atomic E-state index is 0.474. The molecule has 0 saturated carbocycles. The smallest absolute Gasteiger partial charge is 0.0500 e. The molecule has 2 aromatic rings. The minimum Gasteiger partial charge on any atom is -0.399 e. The standard InChI is InChI=1S/C34H44N6/c1-26-11-15-39-34(16-26)22-28(21-31-8-2-5-12-36-31)17-27-18-29(20-30(35)19-27)23-40(24-32-9-3-6-13-37-32)25-33-10-4-7-14-38-33/h2,5-6,8,10-15,18-20,26,28,34,39H,3-4,7,9,16-17,21-25,35H2,1H3. The van der Waals surface area contributed by atoms with Crippen LogP contribution in [0.25, 0.3) is 0 Å². The molecule has 0 radical (unpaired) electrons. The van der Waals surface area contributed by atoms with Gasteiger partial charge in [0.2, 0.25) is 0 Å². The van der Waals surface area contributed by atoms with Crippen molar-refractivity contribution in [2.24, 2.45) is 21.8 Å². The van der Waals surface area contributed by atoms with Gasteiger partial charge in [-0.05, 0) is 105 Å².